The molecule has 0 aromatic rings. The van der Waals surface area contributed by atoms with Crippen LogP contribution in [0, 0.1) is 0 Å². The zero-order valence-corrected chi connectivity index (χ0v) is 36.4. The molecule has 3 unspecified atom stereocenters. The Morgan fingerprint density at radius 1 is 0.527 bits per heavy atom. The van der Waals surface area contributed by atoms with Gasteiger partial charge in [-0.05, 0) is 19.8 Å². The Labute approximate surface area is 339 Å². The van der Waals surface area contributed by atoms with Gasteiger partial charge in [-0.1, -0.05) is 168 Å². The van der Waals surface area contributed by atoms with Gasteiger partial charge in [0, 0.05) is 31.3 Å². The third-order valence-electron chi connectivity index (χ3n) is 9.97. The minimum absolute atomic E-state index is 0.0808. The Kier molecular flexibility index (Phi) is 37.2. The molecular weight excluding hydrogens is 717 g/mol. The largest absolute Gasteiger partial charge is 0.462 e. The van der Waals surface area contributed by atoms with E-state index in [0.29, 0.717) is 6.42 Å². The molecule has 0 aromatic heterocycles. The molecule has 0 aromatic carbocycles. The number of nitrogens with one attached hydrogen (secondary N) is 2. The van der Waals surface area contributed by atoms with Gasteiger partial charge in [0.25, 0.3) is 0 Å². The fourth-order valence-electron chi connectivity index (χ4n) is 6.49. The molecule has 3 N–H and O–H groups in total. The van der Waals surface area contributed by atoms with E-state index in [0.717, 1.165) is 38.5 Å². The fraction of sp³-hybridized carbons (Fsp3) is 0.886. The fourth-order valence-corrected chi connectivity index (χ4v) is 7.52. The molecule has 11 heteroatoms. The molecule has 0 saturated heterocycles. The first-order chi connectivity index (χ1) is 26.6. The van der Waals surface area contributed by atoms with E-state index in [2.05, 4.69) is 24.5 Å². The zero-order chi connectivity index (χ0) is 40.8. The van der Waals surface area contributed by atoms with Gasteiger partial charge in [0.1, 0.15) is 24.8 Å². The predicted molar refractivity (Wildman–Crippen MR) is 226 cm³/mol. The highest BCUT2D eigenvalue weighted by molar-refractivity contribution is 7.99. The van der Waals surface area contributed by atoms with Crippen LogP contribution in [0.5, 0.6) is 0 Å². The summed E-state index contributed by atoms with van der Waals surface area (Å²) in [6.45, 7) is 6.41. The molecule has 0 heterocycles. The van der Waals surface area contributed by atoms with Crippen molar-refractivity contribution in [3.8, 4) is 0 Å². The van der Waals surface area contributed by atoms with Crippen molar-refractivity contribution in [2.24, 2.45) is 0 Å². The summed E-state index contributed by atoms with van der Waals surface area (Å²) in [5, 5.41) is 14.5. The van der Waals surface area contributed by atoms with Crippen LogP contribution in [0.4, 0.5) is 0 Å². The number of rotatable bonds is 40. The van der Waals surface area contributed by atoms with E-state index in [1.165, 1.54) is 154 Å². The molecule has 0 rings (SSSR count). The number of carbonyl (C=O) groups is 5. The summed E-state index contributed by atoms with van der Waals surface area (Å²) < 4.78 is 11.3. The monoisotopic (exact) mass is 799 g/mol. The average Bonchev–Trinajstić information content (AvgIpc) is 3.15. The van der Waals surface area contributed by atoms with Crippen molar-refractivity contribution in [2.75, 3.05) is 24.7 Å². The summed E-state index contributed by atoms with van der Waals surface area (Å²) in [6, 6.07) is -2.04. The molecular formula is C44H82N2O8S. The lowest BCUT2D eigenvalue weighted by molar-refractivity contribution is -0.157. The van der Waals surface area contributed by atoms with Gasteiger partial charge in [0.15, 0.2) is 5.78 Å². The van der Waals surface area contributed by atoms with Crippen LogP contribution >= 0.6 is 11.8 Å². The second-order valence-electron chi connectivity index (χ2n) is 15.4. The summed E-state index contributed by atoms with van der Waals surface area (Å²) in [5.74, 6) is -1.72. The van der Waals surface area contributed by atoms with E-state index in [4.69, 9.17) is 9.47 Å². The lowest BCUT2D eigenvalue weighted by atomic mass is 10.0. The number of hydrogen-bond acceptors (Lipinski definition) is 9. The van der Waals surface area contributed by atoms with Crippen LogP contribution < -0.4 is 10.6 Å². The van der Waals surface area contributed by atoms with E-state index in [1.54, 1.807) is 0 Å². The summed E-state index contributed by atoms with van der Waals surface area (Å²) >= 11 is 1.27. The Morgan fingerprint density at radius 3 is 1.31 bits per heavy atom. The summed E-state index contributed by atoms with van der Waals surface area (Å²) in [4.78, 5) is 61.8. The van der Waals surface area contributed by atoms with Crippen LogP contribution in [0.1, 0.15) is 207 Å². The molecule has 0 aliphatic rings. The number of amides is 2. The highest BCUT2D eigenvalue weighted by atomic mass is 32.2. The topological polar surface area (TPSA) is 148 Å². The van der Waals surface area contributed by atoms with Gasteiger partial charge in [0.05, 0.1) is 6.61 Å². The van der Waals surface area contributed by atoms with Crippen LogP contribution in [-0.2, 0) is 33.4 Å². The van der Waals surface area contributed by atoms with Gasteiger partial charge in [-0.25, -0.2) is 0 Å². The maximum atomic E-state index is 12.8. The van der Waals surface area contributed by atoms with Gasteiger partial charge in [-0.15, -0.1) is 0 Å². The van der Waals surface area contributed by atoms with Crippen molar-refractivity contribution < 1.29 is 38.6 Å². The number of Topliss-reactive ketones (excluding diaryl/α,β-unsaturated/α-hetero) is 1. The molecule has 0 aliphatic carbocycles. The SMILES string of the molecule is CCCCCCCCCCCCCCCC(=O)OCC(CSCC(NC(C)=O)C(=O)NC(CO)C(C)=O)OC(=O)CCCCCCCCCCCCCCC. The molecule has 0 fully saturated rings. The van der Waals surface area contributed by atoms with Gasteiger partial charge in [-0.3, -0.25) is 24.0 Å². The highest BCUT2D eigenvalue weighted by Crippen LogP contribution is 2.16. The van der Waals surface area contributed by atoms with Crippen LogP contribution in [0.15, 0.2) is 0 Å². The van der Waals surface area contributed by atoms with Gasteiger partial charge in [-0.2, -0.15) is 11.8 Å². The van der Waals surface area contributed by atoms with Crippen molar-refractivity contribution in [3.63, 3.8) is 0 Å². The lowest BCUT2D eigenvalue weighted by Gasteiger charge is -2.22. The smallest absolute Gasteiger partial charge is 0.306 e. The quantitative estimate of drug-likeness (QED) is 0.0407. The number of ether oxygens (including phenoxy) is 2. The van der Waals surface area contributed by atoms with E-state index in [1.807, 2.05) is 0 Å². The standard InChI is InChI=1S/C44H82N2O8S/c1-5-7-9-11-13-15-17-19-21-23-25-27-29-31-42(50)53-34-39(35-55-36-41(45-38(4)49)44(52)46-40(33-47)37(3)48)54-43(51)32-30-28-26-24-22-20-18-16-14-12-10-8-6-2/h39-41,47H,5-36H2,1-4H3,(H,45,49)(H,46,52). The molecule has 322 valence electrons. The minimum atomic E-state index is -1.07. The number of unbranched alkanes of at least 4 members (excludes halogenated alkanes) is 24. The van der Waals surface area contributed by atoms with Crippen molar-refractivity contribution in [1.29, 1.82) is 0 Å². The first-order valence-corrected chi connectivity index (χ1v) is 23.4. The molecule has 0 saturated carbocycles. The Hall–Kier alpha value is -2.14. The van der Waals surface area contributed by atoms with E-state index < -0.39 is 42.4 Å². The van der Waals surface area contributed by atoms with Gasteiger partial charge in [0.2, 0.25) is 11.8 Å². The number of thioether (sulfide) groups is 1. The van der Waals surface area contributed by atoms with Crippen LogP contribution in [0.3, 0.4) is 0 Å². The summed E-state index contributed by atoms with van der Waals surface area (Å²) in [6.07, 6.45) is 31.6. The molecule has 10 nitrogen and oxygen atoms in total. The average molecular weight is 799 g/mol. The number of hydrogen-bond donors (Lipinski definition) is 3. The Balaban J connectivity index is 4.71. The molecule has 55 heavy (non-hydrogen) atoms. The first kappa shape index (κ1) is 52.9. The number of aliphatic hydroxyl groups excluding tert-OH is 1. The Bertz CT molecular complexity index is 981. The molecule has 0 spiro atoms. The van der Waals surface area contributed by atoms with Crippen LogP contribution in [-0.4, -0.2) is 77.5 Å². The maximum absolute atomic E-state index is 12.8. The van der Waals surface area contributed by atoms with Crippen molar-refractivity contribution >= 4 is 41.3 Å². The van der Waals surface area contributed by atoms with Crippen molar-refractivity contribution in [2.45, 2.75) is 226 Å². The van der Waals surface area contributed by atoms with Crippen LogP contribution in [0.25, 0.3) is 0 Å². The number of esters is 2. The van der Waals surface area contributed by atoms with Crippen molar-refractivity contribution in [3.05, 3.63) is 0 Å². The first-order valence-electron chi connectivity index (χ1n) is 22.3. The second-order valence-corrected chi connectivity index (χ2v) is 16.5. The van der Waals surface area contributed by atoms with E-state index in [-0.39, 0.29) is 36.5 Å². The third-order valence-corrected chi connectivity index (χ3v) is 11.1. The van der Waals surface area contributed by atoms with E-state index in [9.17, 15) is 29.1 Å². The summed E-state index contributed by atoms with van der Waals surface area (Å²) in [5.41, 5.74) is 0. The number of ketones is 1. The molecule has 0 aliphatic heterocycles. The maximum Gasteiger partial charge on any atom is 0.306 e. The summed E-state index contributed by atoms with van der Waals surface area (Å²) in [7, 11) is 0. The lowest BCUT2D eigenvalue weighted by Crippen LogP contribution is -2.53. The van der Waals surface area contributed by atoms with Gasteiger partial charge >= 0.3 is 11.9 Å². The minimum Gasteiger partial charge on any atom is -0.462 e. The van der Waals surface area contributed by atoms with Crippen LogP contribution in [0.2, 0.25) is 0 Å². The zero-order valence-electron chi connectivity index (χ0n) is 35.6. The normalized spacial score (nSPS) is 12.8. The number of aliphatic hydroxyl groups is 1. The Morgan fingerprint density at radius 2 is 0.927 bits per heavy atom. The molecule has 0 radical (unpaired) electrons. The van der Waals surface area contributed by atoms with Crippen molar-refractivity contribution in [1.82, 2.24) is 10.6 Å². The van der Waals surface area contributed by atoms with Gasteiger partial charge < -0.3 is 25.2 Å². The molecule has 2 amide bonds. The second kappa shape index (κ2) is 38.7. The third kappa shape index (κ3) is 34.8. The van der Waals surface area contributed by atoms with E-state index >= 15 is 0 Å². The number of carbonyl (C=O) groups excluding carboxylic acids is 5. The molecule has 3 atom stereocenters. The predicted octanol–water partition coefficient (Wildman–Crippen LogP) is 9.71. The highest BCUT2D eigenvalue weighted by Gasteiger charge is 2.25. The molecule has 0 bridgehead atoms.